The number of carbonyl (C=O) groups excluding carboxylic acids is 2. The van der Waals surface area contributed by atoms with Crippen molar-refractivity contribution in [2.75, 3.05) is 11.9 Å². The van der Waals surface area contributed by atoms with Gasteiger partial charge in [0.25, 0.3) is 11.8 Å². The Labute approximate surface area is 185 Å². The molecule has 0 unspecified atom stereocenters. The number of anilines is 1. The van der Waals surface area contributed by atoms with Gasteiger partial charge in [-0.25, -0.2) is 0 Å². The number of hydrogen-bond acceptors (Lipinski definition) is 2. The van der Waals surface area contributed by atoms with Gasteiger partial charge in [0.2, 0.25) is 0 Å². The van der Waals surface area contributed by atoms with Gasteiger partial charge in [0.05, 0.1) is 5.69 Å². The Hall–Kier alpha value is -3.57. The highest BCUT2D eigenvalue weighted by Crippen LogP contribution is 2.28. The van der Waals surface area contributed by atoms with E-state index in [9.17, 15) is 9.59 Å². The van der Waals surface area contributed by atoms with Gasteiger partial charge in [0, 0.05) is 28.0 Å². The molecule has 0 aliphatic heterocycles. The highest BCUT2D eigenvalue weighted by molar-refractivity contribution is 6.30. The number of nitrogens with one attached hydrogen (secondary N) is 3. The Kier molecular flexibility index (Phi) is 6.05. The molecule has 0 aliphatic rings. The average molecular weight is 432 g/mol. The quantitative estimate of drug-likeness (QED) is 0.384. The topological polar surface area (TPSA) is 74.0 Å². The summed E-state index contributed by atoms with van der Waals surface area (Å²) in [4.78, 5) is 28.9. The summed E-state index contributed by atoms with van der Waals surface area (Å²) < 4.78 is 0. The number of halogens is 1. The maximum Gasteiger partial charge on any atom is 0.269 e. The van der Waals surface area contributed by atoms with Gasteiger partial charge in [0.15, 0.2) is 0 Å². The number of hydrogen-bond donors (Lipinski definition) is 3. The zero-order valence-electron chi connectivity index (χ0n) is 17.0. The van der Waals surface area contributed by atoms with Crippen molar-refractivity contribution in [3.8, 4) is 0 Å². The van der Waals surface area contributed by atoms with E-state index in [1.807, 2.05) is 67.6 Å². The monoisotopic (exact) mass is 431 g/mol. The fourth-order valence-electron chi connectivity index (χ4n) is 3.39. The van der Waals surface area contributed by atoms with Crippen molar-refractivity contribution in [2.24, 2.45) is 0 Å². The predicted molar refractivity (Wildman–Crippen MR) is 125 cm³/mol. The Morgan fingerprint density at radius 1 is 0.903 bits per heavy atom. The molecule has 4 aromatic rings. The second kappa shape index (κ2) is 9.06. The normalized spacial score (nSPS) is 10.8. The van der Waals surface area contributed by atoms with Crippen molar-refractivity contribution in [2.45, 2.75) is 13.3 Å². The summed E-state index contributed by atoms with van der Waals surface area (Å²) >= 11 is 5.92. The van der Waals surface area contributed by atoms with Gasteiger partial charge in [0.1, 0.15) is 5.69 Å². The second-order valence-electron chi connectivity index (χ2n) is 7.37. The van der Waals surface area contributed by atoms with E-state index in [2.05, 4.69) is 15.6 Å². The zero-order valence-corrected chi connectivity index (χ0v) is 17.8. The van der Waals surface area contributed by atoms with Gasteiger partial charge in [-0.2, -0.15) is 0 Å². The van der Waals surface area contributed by atoms with Crippen LogP contribution in [0.2, 0.25) is 5.02 Å². The molecule has 0 fully saturated rings. The number of fused-ring (bicyclic) bond motifs is 1. The fourth-order valence-corrected chi connectivity index (χ4v) is 3.52. The number of para-hydroxylation sites is 1. The molecule has 3 aromatic carbocycles. The molecule has 4 rings (SSSR count). The molecule has 0 bridgehead atoms. The lowest BCUT2D eigenvalue weighted by Crippen LogP contribution is -2.27. The number of carbonyl (C=O) groups is 2. The lowest BCUT2D eigenvalue weighted by Gasteiger charge is -2.09. The van der Waals surface area contributed by atoms with Gasteiger partial charge < -0.3 is 15.6 Å². The summed E-state index contributed by atoms with van der Waals surface area (Å²) in [5.41, 5.74) is 4.27. The van der Waals surface area contributed by atoms with Crippen LogP contribution in [0.1, 0.15) is 32.0 Å². The molecule has 2 amide bonds. The van der Waals surface area contributed by atoms with Gasteiger partial charge in [-0.3, -0.25) is 9.59 Å². The number of rotatable bonds is 6. The molecular formula is C25H22ClN3O2. The van der Waals surface area contributed by atoms with Crippen LogP contribution in [-0.2, 0) is 6.42 Å². The standard InChI is InChI=1S/C25H22ClN3O2/c1-16-6-10-18(11-7-16)24(30)29-22-20-4-2-3-5-21(20)28-23(22)25(31)27-15-14-17-8-12-19(26)13-9-17/h2-13,28H,14-15H2,1H3,(H,27,31)(H,29,30). The molecule has 1 aromatic heterocycles. The molecule has 0 saturated heterocycles. The number of amides is 2. The third-order valence-electron chi connectivity index (χ3n) is 5.10. The predicted octanol–water partition coefficient (Wildman–Crippen LogP) is 5.35. The molecule has 3 N–H and O–H groups in total. The molecule has 156 valence electrons. The Balaban J connectivity index is 1.54. The van der Waals surface area contributed by atoms with E-state index >= 15 is 0 Å². The zero-order chi connectivity index (χ0) is 21.8. The summed E-state index contributed by atoms with van der Waals surface area (Å²) in [6.45, 7) is 2.43. The maximum atomic E-state index is 12.9. The molecule has 31 heavy (non-hydrogen) atoms. The first kappa shape index (κ1) is 20.7. The van der Waals surface area contributed by atoms with E-state index in [1.165, 1.54) is 0 Å². The van der Waals surface area contributed by atoms with Gasteiger partial charge in [-0.1, -0.05) is 59.6 Å². The van der Waals surface area contributed by atoms with Crippen LogP contribution in [0, 0.1) is 6.92 Å². The SMILES string of the molecule is Cc1ccc(C(=O)Nc2c(C(=O)NCCc3ccc(Cl)cc3)[nH]c3ccccc23)cc1. The highest BCUT2D eigenvalue weighted by Gasteiger charge is 2.20. The number of H-pyrrole nitrogens is 1. The lowest BCUT2D eigenvalue weighted by atomic mass is 10.1. The second-order valence-corrected chi connectivity index (χ2v) is 7.81. The number of aromatic nitrogens is 1. The Morgan fingerprint density at radius 2 is 1.61 bits per heavy atom. The largest absolute Gasteiger partial charge is 0.350 e. The summed E-state index contributed by atoms with van der Waals surface area (Å²) in [6, 6.07) is 22.3. The van der Waals surface area contributed by atoms with Crippen LogP contribution in [0.15, 0.2) is 72.8 Å². The molecule has 0 aliphatic carbocycles. The maximum absolute atomic E-state index is 12.9. The van der Waals surface area contributed by atoms with Gasteiger partial charge in [-0.15, -0.1) is 0 Å². The minimum atomic E-state index is -0.274. The first-order chi connectivity index (χ1) is 15.0. The Bertz CT molecular complexity index is 1230. The smallest absolute Gasteiger partial charge is 0.269 e. The van der Waals surface area contributed by atoms with E-state index in [0.29, 0.717) is 34.9 Å². The van der Waals surface area contributed by atoms with Crippen LogP contribution in [0.3, 0.4) is 0 Å². The van der Waals surface area contributed by atoms with Crippen LogP contribution in [-0.4, -0.2) is 23.3 Å². The van der Waals surface area contributed by atoms with Crippen molar-refractivity contribution in [3.63, 3.8) is 0 Å². The first-order valence-corrected chi connectivity index (χ1v) is 10.4. The molecule has 0 saturated carbocycles. The Morgan fingerprint density at radius 3 is 2.35 bits per heavy atom. The van der Waals surface area contributed by atoms with E-state index in [1.54, 1.807) is 12.1 Å². The molecule has 0 atom stereocenters. The van der Waals surface area contributed by atoms with E-state index in [0.717, 1.165) is 22.0 Å². The van der Waals surface area contributed by atoms with Crippen molar-refractivity contribution >= 4 is 40.0 Å². The third kappa shape index (κ3) is 4.78. The molecule has 6 heteroatoms. The van der Waals surface area contributed by atoms with E-state index < -0.39 is 0 Å². The van der Waals surface area contributed by atoms with E-state index in [4.69, 9.17) is 11.6 Å². The van der Waals surface area contributed by atoms with E-state index in [-0.39, 0.29) is 11.8 Å². The minimum absolute atomic E-state index is 0.264. The van der Waals surface area contributed by atoms with Gasteiger partial charge in [-0.05, 0) is 49.2 Å². The molecule has 0 spiro atoms. The van der Waals surface area contributed by atoms with Crippen LogP contribution in [0.4, 0.5) is 5.69 Å². The molecule has 5 nitrogen and oxygen atoms in total. The first-order valence-electron chi connectivity index (χ1n) is 10.0. The number of benzene rings is 3. The molecule has 1 heterocycles. The van der Waals surface area contributed by atoms with Crippen molar-refractivity contribution in [1.82, 2.24) is 10.3 Å². The van der Waals surface area contributed by atoms with Crippen LogP contribution in [0.5, 0.6) is 0 Å². The van der Waals surface area contributed by atoms with Gasteiger partial charge >= 0.3 is 0 Å². The minimum Gasteiger partial charge on any atom is -0.350 e. The van der Waals surface area contributed by atoms with Crippen LogP contribution in [0.25, 0.3) is 10.9 Å². The number of aryl methyl sites for hydroxylation is 1. The van der Waals surface area contributed by atoms with Crippen molar-refractivity contribution in [1.29, 1.82) is 0 Å². The molecular weight excluding hydrogens is 410 g/mol. The highest BCUT2D eigenvalue weighted by atomic mass is 35.5. The summed E-state index contributed by atoms with van der Waals surface area (Å²) in [5, 5.41) is 7.31. The fraction of sp³-hybridized carbons (Fsp3) is 0.120. The number of aromatic amines is 1. The average Bonchev–Trinajstić information content (AvgIpc) is 3.14. The molecule has 0 radical (unpaired) electrons. The summed E-state index contributed by atoms with van der Waals surface area (Å²) in [6.07, 6.45) is 0.675. The lowest BCUT2D eigenvalue weighted by molar-refractivity contribution is 0.0951. The van der Waals surface area contributed by atoms with Crippen molar-refractivity contribution in [3.05, 3.63) is 100 Å². The summed E-state index contributed by atoms with van der Waals surface area (Å²) in [7, 11) is 0. The van der Waals surface area contributed by atoms with Crippen molar-refractivity contribution < 1.29 is 9.59 Å². The van der Waals surface area contributed by atoms with Crippen LogP contribution >= 0.6 is 11.6 Å². The third-order valence-corrected chi connectivity index (χ3v) is 5.35. The summed E-state index contributed by atoms with van der Waals surface area (Å²) in [5.74, 6) is -0.538. The van der Waals surface area contributed by atoms with Crippen LogP contribution < -0.4 is 10.6 Å².